The molecule has 8 nitrogen and oxygen atoms in total. The van der Waals surface area contributed by atoms with Gasteiger partial charge in [-0.3, -0.25) is 0 Å². The number of aromatic nitrogens is 1. The highest BCUT2D eigenvalue weighted by Gasteiger charge is 2.34. The Labute approximate surface area is 154 Å². The predicted octanol–water partition coefficient (Wildman–Crippen LogP) is 0.528. The molecule has 144 valence electrons. The summed E-state index contributed by atoms with van der Waals surface area (Å²) in [5, 5.41) is 3.27. The number of ether oxygens (including phenoxy) is 2. The summed E-state index contributed by atoms with van der Waals surface area (Å²) in [4.78, 5) is 11.7. The van der Waals surface area contributed by atoms with Crippen molar-refractivity contribution in [1.29, 1.82) is 0 Å². The third kappa shape index (κ3) is 5.18. The van der Waals surface area contributed by atoms with Crippen LogP contribution in [0, 0.1) is 5.41 Å². The van der Waals surface area contributed by atoms with Crippen LogP contribution in [0.25, 0.3) is 0 Å². The zero-order valence-corrected chi connectivity index (χ0v) is 16.3. The van der Waals surface area contributed by atoms with E-state index in [1.54, 1.807) is 14.2 Å². The highest BCUT2D eigenvalue weighted by Crippen LogP contribution is 2.29. The van der Waals surface area contributed by atoms with E-state index in [1.165, 1.54) is 23.9 Å². The molecule has 1 saturated heterocycles. The molecule has 0 aliphatic carbocycles. The standard InChI is InChI=1S/C15H25N3O5S.ClH/c1-18-9-12(8-13(18)14(19)23-3)24(20,21)17-10-15(11-22-2)4-6-16-7-5-15;/h8-9,16-17H,4-7,10-11H2,1-3H3;1H. The van der Waals surface area contributed by atoms with Crippen molar-refractivity contribution < 1.29 is 22.7 Å². The zero-order valence-electron chi connectivity index (χ0n) is 14.7. The summed E-state index contributed by atoms with van der Waals surface area (Å²) < 4.78 is 39.2. The third-order valence-electron chi connectivity index (χ3n) is 4.44. The largest absolute Gasteiger partial charge is 0.464 e. The molecule has 0 spiro atoms. The van der Waals surface area contributed by atoms with Crippen molar-refractivity contribution in [2.24, 2.45) is 12.5 Å². The number of nitrogens with one attached hydrogen (secondary N) is 2. The first kappa shape index (κ1) is 21.9. The molecule has 0 bridgehead atoms. The molecular formula is C15H26ClN3O5S. The van der Waals surface area contributed by atoms with Crippen molar-refractivity contribution in [2.75, 3.05) is 40.5 Å². The van der Waals surface area contributed by atoms with E-state index in [0.29, 0.717) is 13.2 Å². The topological polar surface area (TPSA) is 98.7 Å². The minimum Gasteiger partial charge on any atom is -0.464 e. The maximum atomic E-state index is 12.6. The van der Waals surface area contributed by atoms with Crippen molar-refractivity contribution in [3.8, 4) is 0 Å². The number of nitrogens with zero attached hydrogens (tertiary/aromatic N) is 1. The number of rotatable bonds is 7. The molecule has 10 heteroatoms. The van der Waals surface area contributed by atoms with Crippen LogP contribution >= 0.6 is 12.4 Å². The summed E-state index contributed by atoms with van der Waals surface area (Å²) in [6.07, 6.45) is 3.08. The highest BCUT2D eigenvalue weighted by molar-refractivity contribution is 7.89. The van der Waals surface area contributed by atoms with Crippen molar-refractivity contribution in [3.63, 3.8) is 0 Å². The highest BCUT2D eigenvalue weighted by atomic mass is 35.5. The fraction of sp³-hybridized carbons (Fsp3) is 0.667. The number of piperidine rings is 1. The minimum absolute atomic E-state index is 0. The van der Waals surface area contributed by atoms with Crippen molar-refractivity contribution in [2.45, 2.75) is 17.7 Å². The molecule has 25 heavy (non-hydrogen) atoms. The monoisotopic (exact) mass is 395 g/mol. The number of hydrogen-bond donors (Lipinski definition) is 2. The molecule has 1 aromatic rings. The number of sulfonamides is 1. The number of hydrogen-bond acceptors (Lipinski definition) is 6. The van der Waals surface area contributed by atoms with E-state index in [0.717, 1.165) is 25.9 Å². The lowest BCUT2D eigenvalue weighted by molar-refractivity contribution is 0.0577. The van der Waals surface area contributed by atoms with E-state index in [4.69, 9.17) is 4.74 Å². The molecule has 1 aliphatic heterocycles. The number of aryl methyl sites for hydroxylation is 1. The molecule has 1 aliphatic rings. The van der Waals surface area contributed by atoms with Gasteiger partial charge in [0.2, 0.25) is 10.0 Å². The molecule has 1 fully saturated rings. The van der Waals surface area contributed by atoms with Crippen LogP contribution in [0.3, 0.4) is 0 Å². The van der Waals surface area contributed by atoms with Gasteiger partial charge in [0.15, 0.2) is 0 Å². The number of esters is 1. The first-order valence-corrected chi connectivity index (χ1v) is 9.26. The fourth-order valence-electron chi connectivity index (χ4n) is 2.96. The Balaban J connectivity index is 0.00000312. The van der Waals surface area contributed by atoms with Gasteiger partial charge in [0.25, 0.3) is 0 Å². The Morgan fingerprint density at radius 1 is 1.36 bits per heavy atom. The summed E-state index contributed by atoms with van der Waals surface area (Å²) in [5.74, 6) is -0.576. The van der Waals surface area contributed by atoms with E-state index in [1.807, 2.05) is 0 Å². The van der Waals surface area contributed by atoms with E-state index in [2.05, 4.69) is 14.8 Å². The summed E-state index contributed by atoms with van der Waals surface area (Å²) in [5.41, 5.74) is -0.0288. The molecule has 0 unspecified atom stereocenters. The van der Waals surface area contributed by atoms with Crippen molar-refractivity contribution >= 4 is 28.4 Å². The van der Waals surface area contributed by atoms with Crippen LogP contribution in [0.15, 0.2) is 17.2 Å². The van der Waals surface area contributed by atoms with E-state index < -0.39 is 16.0 Å². The molecule has 2 N–H and O–H groups in total. The SMILES string of the molecule is COCC1(CNS(=O)(=O)c2cc(C(=O)OC)n(C)c2)CCNCC1.Cl. The second-order valence-electron chi connectivity index (χ2n) is 6.17. The van der Waals surface area contributed by atoms with Crippen LogP contribution in [0.4, 0.5) is 0 Å². The lowest BCUT2D eigenvalue weighted by Crippen LogP contribution is -2.47. The molecule has 2 heterocycles. The van der Waals surface area contributed by atoms with E-state index in [9.17, 15) is 13.2 Å². The van der Waals surface area contributed by atoms with Gasteiger partial charge in [0, 0.05) is 32.3 Å². The van der Waals surface area contributed by atoms with Crippen molar-refractivity contribution in [1.82, 2.24) is 14.6 Å². The quantitative estimate of drug-likeness (QED) is 0.653. The van der Waals surface area contributed by atoms with Crippen LogP contribution in [-0.2, 0) is 26.5 Å². The molecule has 2 rings (SSSR count). The molecule has 0 aromatic carbocycles. The van der Waals surface area contributed by atoms with Crippen molar-refractivity contribution in [3.05, 3.63) is 18.0 Å². The van der Waals surface area contributed by atoms with Gasteiger partial charge in [-0.1, -0.05) is 0 Å². The normalized spacial score (nSPS) is 16.9. The van der Waals surface area contributed by atoms with Gasteiger partial charge in [-0.2, -0.15) is 0 Å². The molecule has 0 amide bonds. The fourth-order valence-corrected chi connectivity index (χ4v) is 4.18. The molecule has 0 atom stereocenters. The lowest BCUT2D eigenvalue weighted by Gasteiger charge is -2.37. The van der Waals surface area contributed by atoms with Gasteiger partial charge in [0.1, 0.15) is 10.6 Å². The average Bonchev–Trinajstić information content (AvgIpc) is 2.96. The molecule has 0 radical (unpaired) electrons. The minimum atomic E-state index is -3.71. The second kappa shape index (κ2) is 9.00. The Morgan fingerprint density at radius 2 is 2.00 bits per heavy atom. The van der Waals surface area contributed by atoms with E-state index >= 15 is 0 Å². The number of carbonyl (C=O) groups excluding carboxylic acids is 1. The Bertz CT molecular complexity index is 678. The Hall–Kier alpha value is -1.13. The molecular weight excluding hydrogens is 370 g/mol. The summed E-state index contributed by atoms with van der Waals surface area (Å²) in [6, 6.07) is 1.32. The lowest BCUT2D eigenvalue weighted by atomic mass is 9.80. The van der Waals surface area contributed by atoms with Gasteiger partial charge in [0.05, 0.1) is 13.7 Å². The van der Waals surface area contributed by atoms with Crippen LogP contribution in [-0.4, -0.2) is 59.4 Å². The van der Waals surface area contributed by atoms with Crippen LogP contribution in [0.5, 0.6) is 0 Å². The first-order chi connectivity index (χ1) is 11.3. The second-order valence-corrected chi connectivity index (χ2v) is 7.94. The molecule has 0 saturated carbocycles. The summed E-state index contributed by atoms with van der Waals surface area (Å²) in [7, 11) is 0.768. The average molecular weight is 396 g/mol. The van der Waals surface area contributed by atoms with Gasteiger partial charge in [-0.25, -0.2) is 17.9 Å². The predicted molar refractivity (Wildman–Crippen MR) is 95.6 cm³/mol. The Morgan fingerprint density at radius 3 is 2.56 bits per heavy atom. The summed E-state index contributed by atoms with van der Waals surface area (Å²) >= 11 is 0. The van der Waals surface area contributed by atoms with Crippen LogP contribution in [0.1, 0.15) is 23.3 Å². The van der Waals surface area contributed by atoms with Crippen LogP contribution < -0.4 is 10.0 Å². The van der Waals surface area contributed by atoms with E-state index in [-0.39, 0.29) is 28.4 Å². The Kier molecular flexibility index (Phi) is 7.88. The maximum Gasteiger partial charge on any atom is 0.354 e. The first-order valence-electron chi connectivity index (χ1n) is 7.77. The van der Waals surface area contributed by atoms with Gasteiger partial charge < -0.3 is 19.4 Å². The smallest absolute Gasteiger partial charge is 0.354 e. The number of carbonyl (C=O) groups is 1. The third-order valence-corrected chi connectivity index (χ3v) is 5.80. The number of halogens is 1. The number of methoxy groups -OCH3 is 2. The maximum absolute atomic E-state index is 12.6. The van der Waals surface area contributed by atoms with Gasteiger partial charge in [-0.05, 0) is 32.0 Å². The zero-order chi connectivity index (χ0) is 17.8. The summed E-state index contributed by atoms with van der Waals surface area (Å²) in [6.45, 7) is 2.47. The molecule has 1 aromatic heterocycles. The van der Waals surface area contributed by atoms with Crippen LogP contribution in [0.2, 0.25) is 0 Å². The van der Waals surface area contributed by atoms with Gasteiger partial charge in [-0.15, -0.1) is 12.4 Å². The van der Waals surface area contributed by atoms with Gasteiger partial charge >= 0.3 is 5.97 Å².